The highest BCUT2D eigenvalue weighted by Crippen LogP contribution is 2.26. The number of fused-ring (bicyclic) bond motifs is 1. The van der Waals surface area contributed by atoms with E-state index in [2.05, 4.69) is 42.3 Å². The van der Waals surface area contributed by atoms with Gasteiger partial charge in [0.2, 0.25) is 0 Å². The largest absolute Gasteiger partial charge is 0.462 e. The highest BCUT2D eigenvalue weighted by molar-refractivity contribution is 6.04. The average molecular weight is 526 g/mol. The summed E-state index contributed by atoms with van der Waals surface area (Å²) >= 11 is 0. The van der Waals surface area contributed by atoms with E-state index in [9.17, 15) is 4.79 Å². The number of carbonyl (C=O) groups excluding carboxylic acids is 1. The van der Waals surface area contributed by atoms with Crippen LogP contribution >= 0.6 is 0 Å². The molecule has 5 rings (SSSR count). The molecule has 2 N–H and O–H groups in total. The number of nitrogens with one attached hydrogen (secondary N) is 2. The summed E-state index contributed by atoms with van der Waals surface area (Å²) in [6.45, 7) is 9.26. The van der Waals surface area contributed by atoms with Gasteiger partial charge >= 0.3 is 11.9 Å². The number of imidazole rings is 1. The standard InChI is InChI=1S/C29H31N7O3/c1-3-36-20-30-26-27(33-29(34-28(26)36)39-18-15-35-13-16-38-17-14-35)32-24-6-4-5-23(19-24)31-25(37)12-11-22-9-7-21(2)8-10-22/h4-10,19-20H,3,13-18H2,1-2H3,(H,31,37)(H,32,33,34). The van der Waals surface area contributed by atoms with Crippen LogP contribution in [0.4, 0.5) is 17.2 Å². The lowest BCUT2D eigenvalue weighted by molar-refractivity contribution is -0.111. The maximum absolute atomic E-state index is 12.4. The van der Waals surface area contributed by atoms with Crippen LogP contribution in [0.5, 0.6) is 6.01 Å². The van der Waals surface area contributed by atoms with Gasteiger partial charge in [-0.2, -0.15) is 9.97 Å². The van der Waals surface area contributed by atoms with E-state index >= 15 is 0 Å². The molecule has 1 aliphatic rings. The van der Waals surface area contributed by atoms with Gasteiger partial charge in [-0.1, -0.05) is 29.7 Å². The van der Waals surface area contributed by atoms with Crippen molar-refractivity contribution in [2.45, 2.75) is 20.4 Å². The van der Waals surface area contributed by atoms with Crippen LogP contribution in [-0.2, 0) is 16.1 Å². The van der Waals surface area contributed by atoms with Gasteiger partial charge in [-0.15, -0.1) is 0 Å². The zero-order valence-electron chi connectivity index (χ0n) is 22.1. The van der Waals surface area contributed by atoms with Crippen molar-refractivity contribution in [3.63, 3.8) is 0 Å². The van der Waals surface area contributed by atoms with Crippen LogP contribution < -0.4 is 15.4 Å². The molecule has 10 heteroatoms. The zero-order valence-corrected chi connectivity index (χ0v) is 22.1. The van der Waals surface area contributed by atoms with Crippen LogP contribution in [0.25, 0.3) is 11.2 Å². The molecule has 2 aromatic carbocycles. The lowest BCUT2D eigenvalue weighted by atomic mass is 10.1. The van der Waals surface area contributed by atoms with E-state index in [4.69, 9.17) is 9.47 Å². The third-order valence-corrected chi connectivity index (χ3v) is 6.28. The number of anilines is 3. The van der Waals surface area contributed by atoms with Gasteiger partial charge in [-0.05, 0) is 44.2 Å². The molecule has 1 amide bonds. The molecule has 1 saturated heterocycles. The fourth-order valence-electron chi connectivity index (χ4n) is 4.14. The molecular formula is C29H31N7O3. The van der Waals surface area contributed by atoms with Crippen LogP contribution in [0.3, 0.4) is 0 Å². The summed E-state index contributed by atoms with van der Waals surface area (Å²) in [6.07, 6.45) is 1.74. The molecule has 2 aromatic heterocycles. The number of hydrogen-bond acceptors (Lipinski definition) is 8. The Bertz CT molecular complexity index is 1500. The van der Waals surface area contributed by atoms with E-state index < -0.39 is 5.91 Å². The number of morpholine rings is 1. The minimum atomic E-state index is -0.394. The Morgan fingerprint density at radius 3 is 2.69 bits per heavy atom. The molecule has 0 bridgehead atoms. The molecule has 1 fully saturated rings. The fourth-order valence-corrected chi connectivity index (χ4v) is 4.14. The van der Waals surface area contributed by atoms with E-state index in [1.54, 1.807) is 12.4 Å². The summed E-state index contributed by atoms with van der Waals surface area (Å²) in [5.41, 5.74) is 4.58. The molecule has 200 valence electrons. The molecule has 4 aromatic rings. The first-order valence-corrected chi connectivity index (χ1v) is 13.0. The smallest absolute Gasteiger partial charge is 0.320 e. The molecule has 0 radical (unpaired) electrons. The summed E-state index contributed by atoms with van der Waals surface area (Å²) in [5, 5.41) is 6.15. The molecule has 3 heterocycles. The van der Waals surface area contributed by atoms with E-state index in [1.807, 2.05) is 60.9 Å². The van der Waals surface area contributed by atoms with E-state index in [1.165, 1.54) is 0 Å². The van der Waals surface area contributed by atoms with Gasteiger partial charge < -0.3 is 24.7 Å². The van der Waals surface area contributed by atoms with Crippen molar-refractivity contribution in [1.29, 1.82) is 0 Å². The molecular weight excluding hydrogens is 494 g/mol. The van der Waals surface area contributed by atoms with Crippen molar-refractivity contribution in [2.75, 3.05) is 50.1 Å². The van der Waals surface area contributed by atoms with Crippen molar-refractivity contribution in [3.8, 4) is 17.9 Å². The highest BCUT2D eigenvalue weighted by atomic mass is 16.5. The molecule has 39 heavy (non-hydrogen) atoms. The third kappa shape index (κ3) is 6.90. The van der Waals surface area contributed by atoms with E-state index in [0.29, 0.717) is 35.8 Å². The molecule has 0 unspecified atom stereocenters. The van der Waals surface area contributed by atoms with Crippen LogP contribution in [0.15, 0.2) is 54.9 Å². The Kier molecular flexibility index (Phi) is 8.31. The second-order valence-corrected chi connectivity index (χ2v) is 9.14. The lowest BCUT2D eigenvalue weighted by Gasteiger charge is -2.26. The molecule has 0 saturated carbocycles. The van der Waals surface area contributed by atoms with Gasteiger partial charge in [0.15, 0.2) is 17.0 Å². The Labute approximate surface area is 227 Å². The first kappa shape index (κ1) is 26.2. The number of aromatic nitrogens is 4. The first-order valence-electron chi connectivity index (χ1n) is 13.0. The predicted molar refractivity (Wildman–Crippen MR) is 150 cm³/mol. The number of nitrogens with zero attached hydrogens (tertiary/aromatic N) is 5. The highest BCUT2D eigenvalue weighted by Gasteiger charge is 2.16. The van der Waals surface area contributed by atoms with Crippen molar-refractivity contribution >= 4 is 34.3 Å². The van der Waals surface area contributed by atoms with Crippen molar-refractivity contribution < 1.29 is 14.3 Å². The Balaban J connectivity index is 1.30. The quantitative estimate of drug-likeness (QED) is 0.336. The number of aryl methyl sites for hydroxylation is 2. The lowest BCUT2D eigenvalue weighted by Crippen LogP contribution is -2.38. The Hall–Kier alpha value is -4.46. The predicted octanol–water partition coefficient (Wildman–Crippen LogP) is 3.60. The third-order valence-electron chi connectivity index (χ3n) is 6.28. The van der Waals surface area contributed by atoms with Crippen LogP contribution in [0.1, 0.15) is 18.1 Å². The minimum absolute atomic E-state index is 0.282. The van der Waals surface area contributed by atoms with Gasteiger partial charge in [-0.25, -0.2) is 4.98 Å². The number of hydrogen-bond donors (Lipinski definition) is 2. The first-order chi connectivity index (χ1) is 19.1. The van der Waals surface area contributed by atoms with Crippen molar-refractivity contribution in [3.05, 3.63) is 66.0 Å². The summed E-state index contributed by atoms with van der Waals surface area (Å²) in [5.74, 6) is 5.66. The molecule has 0 atom stereocenters. The van der Waals surface area contributed by atoms with Gasteiger partial charge in [0.1, 0.15) is 6.61 Å². The normalized spacial score (nSPS) is 13.5. The van der Waals surface area contributed by atoms with Gasteiger partial charge in [-0.3, -0.25) is 9.69 Å². The zero-order chi connectivity index (χ0) is 27.0. The molecule has 1 aliphatic heterocycles. The Morgan fingerprint density at radius 1 is 1.10 bits per heavy atom. The summed E-state index contributed by atoms with van der Waals surface area (Å²) in [7, 11) is 0. The Morgan fingerprint density at radius 2 is 1.90 bits per heavy atom. The van der Waals surface area contributed by atoms with Crippen LogP contribution in [-0.4, -0.2) is 69.8 Å². The molecule has 0 spiro atoms. The van der Waals surface area contributed by atoms with Gasteiger partial charge in [0.05, 0.1) is 19.5 Å². The topological polar surface area (TPSA) is 106 Å². The number of carbonyl (C=O) groups is 1. The SMILES string of the molecule is CCn1cnc2c(Nc3cccc(NC(=O)C#Cc4ccc(C)cc4)c3)nc(OCCN3CCOCC3)nc21. The van der Waals surface area contributed by atoms with E-state index in [0.717, 1.165) is 49.7 Å². The van der Waals surface area contributed by atoms with Gasteiger partial charge in [0, 0.05) is 49.0 Å². The van der Waals surface area contributed by atoms with Gasteiger partial charge in [0.25, 0.3) is 0 Å². The summed E-state index contributed by atoms with van der Waals surface area (Å²) < 4.78 is 13.3. The average Bonchev–Trinajstić information content (AvgIpc) is 3.37. The van der Waals surface area contributed by atoms with Crippen molar-refractivity contribution in [2.24, 2.45) is 0 Å². The molecule has 0 aliphatic carbocycles. The van der Waals surface area contributed by atoms with Crippen LogP contribution in [0, 0.1) is 18.8 Å². The summed E-state index contributed by atoms with van der Waals surface area (Å²) in [6, 6.07) is 15.3. The van der Waals surface area contributed by atoms with Crippen molar-refractivity contribution in [1.82, 2.24) is 24.4 Å². The fraction of sp³-hybridized carbons (Fsp3) is 0.310. The maximum Gasteiger partial charge on any atom is 0.320 e. The number of ether oxygens (including phenoxy) is 2. The maximum atomic E-state index is 12.4. The minimum Gasteiger partial charge on any atom is -0.462 e. The number of amides is 1. The van der Waals surface area contributed by atoms with Crippen LogP contribution in [0.2, 0.25) is 0 Å². The number of benzene rings is 2. The second-order valence-electron chi connectivity index (χ2n) is 9.14. The summed E-state index contributed by atoms with van der Waals surface area (Å²) in [4.78, 5) is 28.5. The molecule has 10 nitrogen and oxygen atoms in total. The second kappa shape index (κ2) is 12.4. The van der Waals surface area contributed by atoms with E-state index in [-0.39, 0.29) is 6.01 Å². The monoisotopic (exact) mass is 525 g/mol. The number of rotatable bonds is 8.